The lowest BCUT2D eigenvalue weighted by atomic mass is 10.0. The smallest absolute Gasteiger partial charge is 0.244 e. The van der Waals surface area contributed by atoms with E-state index in [1.54, 1.807) is 12.1 Å². The minimum Gasteiger partial charge on any atom is -0.495 e. The number of sulfonamides is 1. The van der Waals surface area contributed by atoms with Gasteiger partial charge in [-0.05, 0) is 61.1 Å². The topological polar surface area (TPSA) is 84.5 Å². The number of rotatable bonds is 10. The van der Waals surface area contributed by atoms with E-state index >= 15 is 0 Å². The minimum atomic E-state index is -3.95. The highest BCUT2D eigenvalue weighted by atomic mass is 32.2. The molecule has 0 radical (unpaired) electrons. The fourth-order valence-corrected chi connectivity index (χ4v) is 4.41. The molecule has 2 rings (SSSR count). The number of amides is 1. The molecule has 0 heterocycles. The summed E-state index contributed by atoms with van der Waals surface area (Å²) < 4.78 is 33.5. The van der Waals surface area contributed by atoms with Crippen LogP contribution < -0.4 is 14.8 Å². The zero-order valence-corrected chi connectivity index (χ0v) is 19.2. The predicted molar refractivity (Wildman–Crippen MR) is 121 cm³/mol. The van der Waals surface area contributed by atoms with Crippen LogP contribution in [0, 0.1) is 0 Å². The Balaban J connectivity index is 2.11. The molecular formula is C23H32N2O4S. The van der Waals surface area contributed by atoms with Crippen LogP contribution in [0.5, 0.6) is 5.75 Å². The van der Waals surface area contributed by atoms with E-state index in [-0.39, 0.29) is 16.6 Å². The molecule has 2 aromatic carbocycles. The van der Waals surface area contributed by atoms with Crippen molar-refractivity contribution in [3.05, 3.63) is 53.6 Å². The molecule has 0 aromatic heterocycles. The number of benzene rings is 2. The molecule has 2 N–H and O–H groups in total. The van der Waals surface area contributed by atoms with Gasteiger partial charge < -0.3 is 10.1 Å². The average Bonchev–Trinajstić information content (AvgIpc) is 2.72. The molecule has 0 aliphatic rings. The maximum absolute atomic E-state index is 12.9. The van der Waals surface area contributed by atoms with E-state index in [0.29, 0.717) is 5.69 Å². The Bertz CT molecular complexity index is 954. The van der Waals surface area contributed by atoms with Crippen molar-refractivity contribution in [3.8, 4) is 5.75 Å². The molecule has 164 valence electrons. The van der Waals surface area contributed by atoms with Crippen LogP contribution in [-0.4, -0.2) is 27.5 Å². The third kappa shape index (κ3) is 6.31. The first-order valence-corrected chi connectivity index (χ1v) is 11.8. The second kappa shape index (κ2) is 10.6. The number of hydrogen-bond acceptors (Lipinski definition) is 4. The molecule has 6 nitrogen and oxygen atoms in total. The standard InChI is InChI=1S/C23H32N2O4S/c1-6-7-8-18-9-12-20(13-10-18)24-23(26)17(4)25-30(27,28)22-15-19(16(2)3)11-14-21(22)29-5/h9-17,25H,6-8H2,1-5H3,(H,24,26). The van der Waals surface area contributed by atoms with Gasteiger partial charge in [-0.2, -0.15) is 4.72 Å². The number of nitrogens with one attached hydrogen (secondary N) is 2. The molecule has 1 amide bonds. The quantitative estimate of drug-likeness (QED) is 0.580. The van der Waals surface area contributed by atoms with Gasteiger partial charge in [0.05, 0.1) is 13.2 Å². The summed E-state index contributed by atoms with van der Waals surface area (Å²) in [6.07, 6.45) is 3.24. The van der Waals surface area contributed by atoms with Crippen LogP contribution in [0.2, 0.25) is 0 Å². The number of hydrogen-bond donors (Lipinski definition) is 2. The maximum Gasteiger partial charge on any atom is 0.244 e. The summed E-state index contributed by atoms with van der Waals surface area (Å²) in [5, 5.41) is 2.76. The Morgan fingerprint density at radius 1 is 1.07 bits per heavy atom. The Labute approximate surface area is 180 Å². The zero-order valence-electron chi connectivity index (χ0n) is 18.4. The van der Waals surface area contributed by atoms with Gasteiger partial charge in [0.1, 0.15) is 10.6 Å². The molecule has 0 fully saturated rings. The van der Waals surface area contributed by atoms with Gasteiger partial charge in [-0.25, -0.2) is 8.42 Å². The van der Waals surface area contributed by atoms with E-state index < -0.39 is 22.0 Å². The van der Waals surface area contributed by atoms with Crippen molar-refractivity contribution >= 4 is 21.6 Å². The second-order valence-corrected chi connectivity index (χ2v) is 9.38. The van der Waals surface area contributed by atoms with Crippen molar-refractivity contribution in [2.45, 2.75) is 63.8 Å². The Hall–Kier alpha value is -2.38. The van der Waals surface area contributed by atoms with Crippen LogP contribution in [0.3, 0.4) is 0 Å². The van der Waals surface area contributed by atoms with Crippen molar-refractivity contribution in [2.24, 2.45) is 0 Å². The first-order chi connectivity index (χ1) is 14.2. The predicted octanol–water partition coefficient (Wildman–Crippen LogP) is 4.47. The molecular weight excluding hydrogens is 400 g/mol. The van der Waals surface area contributed by atoms with Crippen LogP contribution in [0.4, 0.5) is 5.69 Å². The van der Waals surface area contributed by atoms with Gasteiger partial charge in [0.15, 0.2) is 0 Å². The summed E-state index contributed by atoms with van der Waals surface area (Å²) >= 11 is 0. The van der Waals surface area contributed by atoms with Gasteiger partial charge in [-0.1, -0.05) is 45.4 Å². The summed E-state index contributed by atoms with van der Waals surface area (Å²) in [5.74, 6) is -0.0353. The molecule has 0 spiro atoms. The highest BCUT2D eigenvalue weighted by Gasteiger charge is 2.26. The number of anilines is 1. The number of aryl methyl sites for hydroxylation is 1. The van der Waals surface area contributed by atoms with Gasteiger partial charge in [0.25, 0.3) is 0 Å². The fourth-order valence-electron chi connectivity index (χ4n) is 3.00. The zero-order chi connectivity index (χ0) is 22.3. The van der Waals surface area contributed by atoms with Crippen molar-refractivity contribution in [3.63, 3.8) is 0 Å². The Kier molecular flexibility index (Phi) is 8.43. The largest absolute Gasteiger partial charge is 0.495 e. The summed E-state index contributed by atoms with van der Waals surface area (Å²) in [6, 6.07) is 11.7. The van der Waals surface area contributed by atoms with E-state index in [0.717, 1.165) is 24.8 Å². The monoisotopic (exact) mass is 432 g/mol. The van der Waals surface area contributed by atoms with Gasteiger partial charge in [-0.3, -0.25) is 4.79 Å². The van der Waals surface area contributed by atoms with Gasteiger partial charge in [0, 0.05) is 5.69 Å². The minimum absolute atomic E-state index is 0.0242. The molecule has 0 saturated carbocycles. The number of carbonyl (C=O) groups excluding carboxylic acids is 1. The van der Waals surface area contributed by atoms with Crippen molar-refractivity contribution in [1.29, 1.82) is 0 Å². The lowest BCUT2D eigenvalue weighted by Gasteiger charge is -2.17. The second-order valence-electron chi connectivity index (χ2n) is 7.70. The lowest BCUT2D eigenvalue weighted by Crippen LogP contribution is -2.41. The highest BCUT2D eigenvalue weighted by molar-refractivity contribution is 7.89. The van der Waals surface area contributed by atoms with E-state index in [4.69, 9.17) is 4.74 Å². The number of unbranched alkanes of at least 4 members (excludes halogenated alkanes) is 1. The van der Waals surface area contributed by atoms with E-state index in [1.807, 2.05) is 44.2 Å². The van der Waals surface area contributed by atoms with Gasteiger partial charge >= 0.3 is 0 Å². The molecule has 1 atom stereocenters. The molecule has 0 saturated heterocycles. The highest BCUT2D eigenvalue weighted by Crippen LogP contribution is 2.28. The molecule has 0 bridgehead atoms. The van der Waals surface area contributed by atoms with Crippen molar-refractivity contribution in [2.75, 3.05) is 12.4 Å². The fraction of sp³-hybridized carbons (Fsp3) is 0.435. The van der Waals surface area contributed by atoms with Crippen LogP contribution in [0.15, 0.2) is 47.4 Å². The van der Waals surface area contributed by atoms with Crippen molar-refractivity contribution < 1.29 is 17.9 Å². The third-order valence-electron chi connectivity index (χ3n) is 4.91. The number of methoxy groups -OCH3 is 1. The first-order valence-electron chi connectivity index (χ1n) is 10.3. The first kappa shape index (κ1) is 23.9. The van der Waals surface area contributed by atoms with Gasteiger partial charge in [0.2, 0.25) is 15.9 Å². The van der Waals surface area contributed by atoms with E-state index in [2.05, 4.69) is 17.0 Å². The number of ether oxygens (including phenoxy) is 1. The van der Waals surface area contributed by atoms with E-state index in [1.165, 1.54) is 19.6 Å². The van der Waals surface area contributed by atoms with Crippen LogP contribution >= 0.6 is 0 Å². The van der Waals surface area contributed by atoms with Crippen LogP contribution in [0.25, 0.3) is 0 Å². The summed E-state index contributed by atoms with van der Waals surface area (Å²) in [7, 11) is -2.53. The normalized spacial score (nSPS) is 12.6. The summed E-state index contributed by atoms with van der Waals surface area (Å²) in [4.78, 5) is 12.6. The lowest BCUT2D eigenvalue weighted by molar-refractivity contribution is -0.117. The molecule has 0 aliphatic carbocycles. The Morgan fingerprint density at radius 2 is 1.73 bits per heavy atom. The average molecular weight is 433 g/mol. The summed E-state index contributed by atoms with van der Waals surface area (Å²) in [6.45, 7) is 7.62. The SMILES string of the molecule is CCCCc1ccc(NC(=O)C(C)NS(=O)(=O)c2cc(C(C)C)ccc2OC)cc1. The van der Waals surface area contributed by atoms with Crippen molar-refractivity contribution in [1.82, 2.24) is 4.72 Å². The molecule has 7 heteroatoms. The molecule has 1 unspecified atom stereocenters. The maximum atomic E-state index is 12.9. The summed E-state index contributed by atoms with van der Waals surface area (Å²) in [5.41, 5.74) is 2.71. The van der Waals surface area contributed by atoms with Crippen LogP contribution in [0.1, 0.15) is 57.6 Å². The van der Waals surface area contributed by atoms with Gasteiger partial charge in [-0.15, -0.1) is 0 Å². The molecule has 2 aromatic rings. The third-order valence-corrected chi connectivity index (χ3v) is 6.47. The number of carbonyl (C=O) groups is 1. The molecule has 30 heavy (non-hydrogen) atoms. The van der Waals surface area contributed by atoms with Crippen LogP contribution in [-0.2, 0) is 21.2 Å². The Morgan fingerprint density at radius 3 is 2.30 bits per heavy atom. The van der Waals surface area contributed by atoms with E-state index in [9.17, 15) is 13.2 Å². The molecule has 0 aliphatic heterocycles.